The molecule has 0 rings (SSSR count). The second kappa shape index (κ2) is 4.46. The molecule has 0 atom stereocenters. The molecule has 0 heterocycles. The Kier molecular flexibility index (Phi) is 4.45. The van der Waals surface area contributed by atoms with Crippen molar-refractivity contribution in [2.45, 2.75) is 60.1 Å². The highest BCUT2D eigenvalue weighted by molar-refractivity contribution is 6.81. The summed E-state index contributed by atoms with van der Waals surface area (Å²) in [6.45, 7) is 21.1. The summed E-state index contributed by atoms with van der Waals surface area (Å²) in [4.78, 5) is 3.79. The SMILES string of the molecule is CC(C)(C)/C(=C/[Si](C)(C)C)N[Si](C)(C)C. The summed E-state index contributed by atoms with van der Waals surface area (Å²) < 4.78 is 0. The van der Waals surface area contributed by atoms with E-state index in [1.807, 2.05) is 0 Å². The topological polar surface area (TPSA) is 12.0 Å². The summed E-state index contributed by atoms with van der Waals surface area (Å²) in [5.74, 6) is 0. The molecule has 0 aliphatic rings. The molecule has 0 aliphatic carbocycles. The largest absolute Gasteiger partial charge is 0.414 e. The Balaban J connectivity index is 5.02. The molecular weight excluding hydrogens is 214 g/mol. The molecule has 0 aromatic rings. The van der Waals surface area contributed by atoms with Gasteiger partial charge < -0.3 is 4.98 Å². The molecule has 0 aromatic heterocycles. The van der Waals surface area contributed by atoms with Gasteiger partial charge in [-0.2, -0.15) is 0 Å². The van der Waals surface area contributed by atoms with Crippen LogP contribution in [0.15, 0.2) is 11.4 Å². The molecule has 1 nitrogen and oxygen atoms in total. The molecule has 0 spiro atoms. The number of hydrogen-bond acceptors (Lipinski definition) is 1. The van der Waals surface area contributed by atoms with Gasteiger partial charge in [0.2, 0.25) is 0 Å². The van der Waals surface area contributed by atoms with Crippen molar-refractivity contribution < 1.29 is 0 Å². The van der Waals surface area contributed by atoms with Gasteiger partial charge in [0.1, 0.15) is 8.24 Å². The zero-order valence-electron chi connectivity index (χ0n) is 12.1. The normalized spacial score (nSPS) is 15.4. The third kappa shape index (κ3) is 7.85. The predicted molar refractivity (Wildman–Crippen MR) is 77.4 cm³/mol. The van der Waals surface area contributed by atoms with Crippen LogP contribution in [0.2, 0.25) is 39.3 Å². The minimum Gasteiger partial charge on any atom is -0.414 e. The van der Waals surface area contributed by atoms with Gasteiger partial charge >= 0.3 is 0 Å². The van der Waals surface area contributed by atoms with Gasteiger partial charge in [-0.15, -0.1) is 0 Å². The first-order valence-electron chi connectivity index (χ1n) is 5.83. The van der Waals surface area contributed by atoms with Gasteiger partial charge in [0.25, 0.3) is 0 Å². The van der Waals surface area contributed by atoms with E-state index in [2.05, 4.69) is 70.7 Å². The van der Waals surface area contributed by atoms with Crippen molar-refractivity contribution in [2.24, 2.45) is 5.41 Å². The van der Waals surface area contributed by atoms with Crippen LogP contribution < -0.4 is 4.98 Å². The van der Waals surface area contributed by atoms with E-state index < -0.39 is 16.3 Å². The first-order chi connectivity index (χ1) is 6.31. The zero-order chi connectivity index (χ0) is 12.5. The maximum Gasteiger partial charge on any atom is 0.143 e. The van der Waals surface area contributed by atoms with Crippen molar-refractivity contribution in [2.75, 3.05) is 0 Å². The standard InChI is InChI=1S/C12H29NSi2/c1-12(2,3)11(10-14(4,5)6)13-15(7,8)9/h10,13H,1-9H3/b11-10-. The third-order valence-electron chi connectivity index (χ3n) is 1.90. The molecule has 1 N–H and O–H groups in total. The third-order valence-corrected chi connectivity index (χ3v) is 4.07. The van der Waals surface area contributed by atoms with E-state index in [-0.39, 0.29) is 5.41 Å². The lowest BCUT2D eigenvalue weighted by molar-refractivity contribution is 0.484. The van der Waals surface area contributed by atoms with Gasteiger partial charge in [-0.3, -0.25) is 0 Å². The Morgan fingerprint density at radius 3 is 1.53 bits per heavy atom. The maximum absolute atomic E-state index is 3.79. The van der Waals surface area contributed by atoms with Crippen molar-refractivity contribution >= 4 is 16.3 Å². The monoisotopic (exact) mass is 243 g/mol. The van der Waals surface area contributed by atoms with Gasteiger partial charge in [0, 0.05) is 11.1 Å². The van der Waals surface area contributed by atoms with Crippen LogP contribution in [0.4, 0.5) is 0 Å². The molecule has 3 heteroatoms. The number of rotatable bonds is 3. The van der Waals surface area contributed by atoms with E-state index >= 15 is 0 Å². The van der Waals surface area contributed by atoms with Crippen molar-refractivity contribution in [1.29, 1.82) is 0 Å². The minimum atomic E-state index is -1.23. The average Bonchev–Trinajstić information content (AvgIpc) is 1.75. The van der Waals surface area contributed by atoms with E-state index in [4.69, 9.17) is 0 Å². The quantitative estimate of drug-likeness (QED) is 0.732. The van der Waals surface area contributed by atoms with Crippen LogP contribution in [0.25, 0.3) is 0 Å². The van der Waals surface area contributed by atoms with Gasteiger partial charge in [0.05, 0.1) is 8.07 Å². The van der Waals surface area contributed by atoms with E-state index in [1.165, 1.54) is 5.70 Å². The highest BCUT2D eigenvalue weighted by Crippen LogP contribution is 2.26. The van der Waals surface area contributed by atoms with Crippen LogP contribution in [-0.2, 0) is 0 Å². The van der Waals surface area contributed by atoms with Crippen LogP contribution in [-0.4, -0.2) is 16.3 Å². The first-order valence-corrected chi connectivity index (χ1v) is 12.9. The first kappa shape index (κ1) is 15.0. The second-order valence-electron chi connectivity index (χ2n) is 7.55. The van der Waals surface area contributed by atoms with Crippen molar-refractivity contribution in [1.82, 2.24) is 4.98 Å². The fourth-order valence-corrected chi connectivity index (χ4v) is 4.05. The van der Waals surface area contributed by atoms with Gasteiger partial charge in [0.15, 0.2) is 0 Å². The Morgan fingerprint density at radius 2 is 1.33 bits per heavy atom. The van der Waals surface area contributed by atoms with Crippen molar-refractivity contribution in [3.63, 3.8) is 0 Å². The predicted octanol–water partition coefficient (Wildman–Crippen LogP) is 4.22. The molecule has 90 valence electrons. The Labute approximate surface area is 98.5 Å². The van der Waals surface area contributed by atoms with E-state index in [0.717, 1.165) is 0 Å². The molecule has 0 aliphatic heterocycles. The fraction of sp³-hybridized carbons (Fsp3) is 0.833. The number of nitrogens with one attached hydrogen (secondary N) is 1. The van der Waals surface area contributed by atoms with Crippen LogP contribution in [0.1, 0.15) is 20.8 Å². The van der Waals surface area contributed by atoms with Crippen molar-refractivity contribution in [3.8, 4) is 0 Å². The highest BCUT2D eigenvalue weighted by Gasteiger charge is 2.25. The van der Waals surface area contributed by atoms with E-state index in [1.54, 1.807) is 0 Å². The smallest absolute Gasteiger partial charge is 0.143 e. The molecule has 0 amide bonds. The second-order valence-corrected chi connectivity index (χ2v) is 17.3. The Morgan fingerprint density at radius 1 is 0.933 bits per heavy atom. The lowest BCUT2D eigenvalue weighted by atomic mass is 9.94. The fourth-order valence-electron chi connectivity index (χ4n) is 1.28. The summed E-state index contributed by atoms with van der Waals surface area (Å²) in [7, 11) is -2.36. The average molecular weight is 244 g/mol. The Hall–Kier alpha value is -0.0262. The highest BCUT2D eigenvalue weighted by atomic mass is 28.3. The lowest BCUT2D eigenvalue weighted by Gasteiger charge is -2.33. The molecule has 0 saturated carbocycles. The summed E-state index contributed by atoms with van der Waals surface area (Å²) in [6, 6.07) is 0. The van der Waals surface area contributed by atoms with E-state index in [9.17, 15) is 0 Å². The minimum absolute atomic E-state index is 0.251. The molecule has 15 heavy (non-hydrogen) atoms. The number of allylic oxidation sites excluding steroid dienone is 1. The van der Waals surface area contributed by atoms with Crippen LogP contribution in [0, 0.1) is 5.41 Å². The molecule has 0 radical (unpaired) electrons. The summed E-state index contributed by atoms with van der Waals surface area (Å²) in [6.07, 6.45) is 0. The zero-order valence-corrected chi connectivity index (χ0v) is 14.1. The summed E-state index contributed by atoms with van der Waals surface area (Å²) in [5, 5.41) is 0. The van der Waals surface area contributed by atoms with Gasteiger partial charge in [-0.25, -0.2) is 0 Å². The summed E-state index contributed by atoms with van der Waals surface area (Å²) >= 11 is 0. The molecule has 0 fully saturated rings. The molecule has 0 unspecified atom stereocenters. The molecule has 0 saturated heterocycles. The van der Waals surface area contributed by atoms with Crippen LogP contribution >= 0.6 is 0 Å². The van der Waals surface area contributed by atoms with Crippen molar-refractivity contribution in [3.05, 3.63) is 11.4 Å². The maximum atomic E-state index is 3.79. The molecule has 0 aromatic carbocycles. The lowest BCUT2D eigenvalue weighted by Crippen LogP contribution is -2.44. The van der Waals surface area contributed by atoms with Crippen LogP contribution in [0.3, 0.4) is 0 Å². The Bertz CT molecular complexity index is 236. The number of hydrogen-bond donors (Lipinski definition) is 1. The van der Waals surface area contributed by atoms with Gasteiger partial charge in [-0.1, -0.05) is 65.8 Å². The van der Waals surface area contributed by atoms with Gasteiger partial charge in [-0.05, 0) is 0 Å². The van der Waals surface area contributed by atoms with Crippen LogP contribution in [0.5, 0.6) is 0 Å². The van der Waals surface area contributed by atoms with E-state index in [0.29, 0.717) is 0 Å². The summed E-state index contributed by atoms with van der Waals surface area (Å²) in [5.41, 5.74) is 4.23. The molecule has 0 bridgehead atoms. The molecular formula is C12H29NSi2.